The van der Waals surface area contributed by atoms with Gasteiger partial charge in [0.05, 0.1) is 4.88 Å². The van der Waals surface area contributed by atoms with Crippen LogP contribution in [-0.4, -0.2) is 27.0 Å². The molecule has 6 heteroatoms. The Labute approximate surface area is 147 Å². The van der Waals surface area contributed by atoms with Crippen molar-refractivity contribution >= 4 is 17.2 Å². The first-order valence-corrected chi connectivity index (χ1v) is 9.67. The Morgan fingerprint density at radius 3 is 2.83 bits per heavy atom. The van der Waals surface area contributed by atoms with E-state index in [9.17, 15) is 4.79 Å². The van der Waals surface area contributed by atoms with Crippen LogP contribution >= 0.6 is 11.3 Å². The minimum Gasteiger partial charge on any atom is -0.337 e. The number of carbonyl (C=O) groups is 1. The zero-order valence-electron chi connectivity index (χ0n) is 14.4. The van der Waals surface area contributed by atoms with Gasteiger partial charge in [0, 0.05) is 12.5 Å². The lowest BCUT2D eigenvalue weighted by atomic mass is 9.86. The molecular weight excluding hydrogens is 322 g/mol. The van der Waals surface area contributed by atoms with Crippen LogP contribution in [0, 0.1) is 5.92 Å². The van der Waals surface area contributed by atoms with Crippen LogP contribution in [-0.2, 0) is 11.3 Å². The molecule has 0 aliphatic heterocycles. The molecule has 2 heterocycles. The molecule has 2 aromatic rings. The highest BCUT2D eigenvalue weighted by atomic mass is 32.1. The fourth-order valence-electron chi connectivity index (χ4n) is 3.28. The summed E-state index contributed by atoms with van der Waals surface area (Å²) in [7, 11) is 0. The van der Waals surface area contributed by atoms with E-state index in [1.54, 1.807) is 11.3 Å². The maximum Gasteiger partial charge on any atom is 0.246 e. The average molecular weight is 347 g/mol. The number of rotatable bonds is 6. The van der Waals surface area contributed by atoms with Crippen molar-refractivity contribution in [1.82, 2.24) is 15.0 Å². The fraction of sp³-hybridized carbons (Fsp3) is 0.611. The Balaban J connectivity index is 1.64. The van der Waals surface area contributed by atoms with Crippen molar-refractivity contribution in [3.63, 3.8) is 0 Å². The first kappa shape index (κ1) is 17.1. The molecule has 0 spiro atoms. The molecule has 0 N–H and O–H groups in total. The lowest BCUT2D eigenvalue weighted by Crippen LogP contribution is -2.37. The van der Waals surface area contributed by atoms with E-state index in [2.05, 4.69) is 10.1 Å². The van der Waals surface area contributed by atoms with Gasteiger partial charge in [-0.2, -0.15) is 4.98 Å². The van der Waals surface area contributed by atoms with E-state index >= 15 is 0 Å². The number of hydrogen-bond acceptors (Lipinski definition) is 5. The van der Waals surface area contributed by atoms with Gasteiger partial charge >= 0.3 is 0 Å². The van der Waals surface area contributed by atoms with E-state index in [0.717, 1.165) is 4.88 Å². The number of aromatic nitrogens is 2. The molecule has 5 nitrogen and oxygen atoms in total. The normalized spacial score (nSPS) is 15.8. The Hall–Kier alpha value is -1.69. The smallest absolute Gasteiger partial charge is 0.246 e. The molecule has 24 heavy (non-hydrogen) atoms. The monoisotopic (exact) mass is 347 g/mol. The highest BCUT2D eigenvalue weighted by Gasteiger charge is 2.24. The predicted octanol–water partition coefficient (Wildman–Crippen LogP) is 4.51. The predicted molar refractivity (Wildman–Crippen MR) is 94.5 cm³/mol. The van der Waals surface area contributed by atoms with Crippen LogP contribution in [0.3, 0.4) is 0 Å². The number of hydrogen-bond donors (Lipinski definition) is 0. The molecule has 0 aromatic carbocycles. The van der Waals surface area contributed by atoms with Crippen LogP contribution in [0.15, 0.2) is 22.0 Å². The lowest BCUT2D eigenvalue weighted by molar-refractivity contribution is -0.135. The molecule has 1 aliphatic rings. The molecule has 0 unspecified atom stereocenters. The van der Waals surface area contributed by atoms with Crippen molar-refractivity contribution in [3.05, 3.63) is 23.4 Å². The van der Waals surface area contributed by atoms with Gasteiger partial charge < -0.3 is 9.42 Å². The van der Waals surface area contributed by atoms with Gasteiger partial charge in [-0.3, -0.25) is 4.79 Å². The van der Waals surface area contributed by atoms with Gasteiger partial charge in [0.2, 0.25) is 17.6 Å². The van der Waals surface area contributed by atoms with E-state index in [0.29, 0.717) is 30.6 Å². The third-order valence-corrected chi connectivity index (χ3v) is 5.51. The van der Waals surface area contributed by atoms with E-state index in [4.69, 9.17) is 4.52 Å². The van der Waals surface area contributed by atoms with E-state index in [-0.39, 0.29) is 11.9 Å². The van der Waals surface area contributed by atoms with Crippen LogP contribution < -0.4 is 0 Å². The molecule has 130 valence electrons. The Kier molecular flexibility index (Phi) is 5.66. The summed E-state index contributed by atoms with van der Waals surface area (Å²) in [4.78, 5) is 20.0. The topological polar surface area (TPSA) is 59.2 Å². The van der Waals surface area contributed by atoms with Crippen molar-refractivity contribution in [2.24, 2.45) is 5.92 Å². The maximum atomic E-state index is 12.7. The average Bonchev–Trinajstić information content (AvgIpc) is 3.24. The molecule has 2 aromatic heterocycles. The second-order valence-electron chi connectivity index (χ2n) is 6.81. The highest BCUT2D eigenvalue weighted by molar-refractivity contribution is 7.13. The highest BCUT2D eigenvalue weighted by Crippen LogP contribution is 2.27. The number of thiophene rings is 1. The summed E-state index contributed by atoms with van der Waals surface area (Å²) in [5.41, 5.74) is 0. The largest absolute Gasteiger partial charge is 0.337 e. The van der Waals surface area contributed by atoms with Crippen molar-refractivity contribution < 1.29 is 9.32 Å². The second kappa shape index (κ2) is 7.92. The van der Waals surface area contributed by atoms with Crippen LogP contribution in [0.5, 0.6) is 0 Å². The molecule has 1 amide bonds. The van der Waals surface area contributed by atoms with Crippen LogP contribution in [0.2, 0.25) is 0 Å². The second-order valence-corrected chi connectivity index (χ2v) is 7.76. The SMILES string of the molecule is CC(C)N(Cc1nc(-c2cccs2)no1)C(=O)CC1CCCCC1. The van der Waals surface area contributed by atoms with Gasteiger partial charge in [-0.25, -0.2) is 0 Å². The quantitative estimate of drug-likeness (QED) is 0.771. The number of carbonyl (C=O) groups excluding carboxylic acids is 1. The maximum absolute atomic E-state index is 12.7. The molecule has 1 aliphatic carbocycles. The molecule has 3 rings (SSSR count). The zero-order chi connectivity index (χ0) is 16.9. The van der Waals surface area contributed by atoms with Crippen molar-refractivity contribution in [2.75, 3.05) is 0 Å². The Morgan fingerprint density at radius 1 is 1.38 bits per heavy atom. The molecule has 0 atom stereocenters. The van der Waals surface area contributed by atoms with Crippen molar-refractivity contribution in [2.45, 2.75) is 65.0 Å². The summed E-state index contributed by atoms with van der Waals surface area (Å²) in [6.07, 6.45) is 6.83. The third kappa shape index (κ3) is 4.23. The van der Waals surface area contributed by atoms with Gasteiger partial charge in [-0.05, 0) is 44.1 Å². The lowest BCUT2D eigenvalue weighted by Gasteiger charge is -2.28. The molecule has 0 bridgehead atoms. The van der Waals surface area contributed by atoms with E-state index in [1.807, 2.05) is 36.3 Å². The number of nitrogens with zero attached hydrogens (tertiary/aromatic N) is 3. The summed E-state index contributed by atoms with van der Waals surface area (Å²) in [6, 6.07) is 4.05. The minimum absolute atomic E-state index is 0.123. The Bertz CT molecular complexity index is 645. The Morgan fingerprint density at radius 2 is 2.17 bits per heavy atom. The van der Waals surface area contributed by atoms with E-state index < -0.39 is 0 Å². The third-order valence-electron chi connectivity index (χ3n) is 4.65. The zero-order valence-corrected chi connectivity index (χ0v) is 15.2. The summed E-state index contributed by atoms with van der Waals surface area (Å²) < 4.78 is 5.36. The van der Waals surface area contributed by atoms with Gasteiger partial charge in [-0.1, -0.05) is 30.5 Å². The number of amides is 1. The molecule has 1 fully saturated rings. The van der Waals surface area contributed by atoms with Crippen molar-refractivity contribution in [1.29, 1.82) is 0 Å². The minimum atomic E-state index is 0.123. The van der Waals surface area contributed by atoms with Crippen LogP contribution in [0.1, 0.15) is 58.3 Å². The standard InChI is InChI=1S/C18H25N3O2S/c1-13(2)21(17(22)11-14-7-4-3-5-8-14)12-16-19-18(20-23-16)15-9-6-10-24-15/h6,9-10,13-14H,3-5,7-8,11-12H2,1-2H3. The first-order valence-electron chi connectivity index (χ1n) is 8.79. The van der Waals surface area contributed by atoms with Gasteiger partial charge in [0.1, 0.15) is 6.54 Å². The summed E-state index contributed by atoms with van der Waals surface area (Å²) >= 11 is 1.58. The molecular formula is C18H25N3O2S. The van der Waals surface area contributed by atoms with Crippen molar-refractivity contribution in [3.8, 4) is 10.7 Å². The first-order chi connectivity index (χ1) is 11.6. The summed E-state index contributed by atoms with van der Waals surface area (Å²) in [5.74, 6) is 1.84. The van der Waals surface area contributed by atoms with Gasteiger partial charge in [-0.15, -0.1) is 11.3 Å². The van der Waals surface area contributed by atoms with E-state index in [1.165, 1.54) is 32.1 Å². The van der Waals surface area contributed by atoms with Crippen LogP contribution in [0.4, 0.5) is 0 Å². The summed E-state index contributed by atoms with van der Waals surface area (Å²) in [6.45, 7) is 4.46. The summed E-state index contributed by atoms with van der Waals surface area (Å²) in [5, 5.41) is 6.02. The fourth-order valence-corrected chi connectivity index (χ4v) is 3.93. The molecule has 0 saturated heterocycles. The molecule has 0 radical (unpaired) electrons. The molecule has 1 saturated carbocycles. The van der Waals surface area contributed by atoms with Crippen LogP contribution in [0.25, 0.3) is 10.7 Å². The van der Waals surface area contributed by atoms with Gasteiger partial charge in [0.15, 0.2) is 0 Å². The van der Waals surface area contributed by atoms with Gasteiger partial charge in [0.25, 0.3) is 0 Å².